The Morgan fingerprint density at radius 2 is 2.14 bits per heavy atom. The average Bonchev–Trinajstić information content (AvgIpc) is 3.01. The van der Waals surface area contributed by atoms with Crippen molar-refractivity contribution in [3.8, 4) is 0 Å². The van der Waals surface area contributed by atoms with Crippen molar-refractivity contribution >= 4 is 56.4 Å². The van der Waals surface area contributed by atoms with Crippen LogP contribution >= 0.6 is 27.5 Å². The Kier molecular flexibility index (Phi) is 3.06. The van der Waals surface area contributed by atoms with E-state index >= 15 is 0 Å². The number of amides is 1. The summed E-state index contributed by atoms with van der Waals surface area (Å²) in [4.78, 5) is 16.6. The number of hydrogen-bond donors (Lipinski definition) is 1. The quantitative estimate of drug-likeness (QED) is 0.648. The molecule has 6 heteroatoms. The van der Waals surface area contributed by atoms with Crippen molar-refractivity contribution in [1.29, 1.82) is 0 Å². The van der Waals surface area contributed by atoms with Gasteiger partial charge in [-0.05, 0) is 46.3 Å². The number of imidazole rings is 1. The van der Waals surface area contributed by atoms with Gasteiger partial charge in [0.05, 0.1) is 23.2 Å². The van der Waals surface area contributed by atoms with Gasteiger partial charge < -0.3 is 5.32 Å². The van der Waals surface area contributed by atoms with Crippen molar-refractivity contribution in [3.63, 3.8) is 0 Å². The molecule has 4 nitrogen and oxygen atoms in total. The van der Waals surface area contributed by atoms with Gasteiger partial charge in [-0.1, -0.05) is 17.7 Å². The molecule has 0 unspecified atom stereocenters. The Hall–Kier alpha value is -2.11. The molecule has 3 aromatic rings. The Labute approximate surface area is 139 Å². The molecule has 2 aromatic heterocycles. The molecule has 0 saturated carbocycles. The van der Waals surface area contributed by atoms with Gasteiger partial charge >= 0.3 is 0 Å². The molecule has 0 aliphatic carbocycles. The standard InChI is InChI=1S/C16H9BrClN3O/c17-9-1-4-15-19-7-11(21(15)8-9)6-13-12-3-2-10(18)5-14(12)20-16(13)22/h1-8H,(H,20,22). The summed E-state index contributed by atoms with van der Waals surface area (Å²) in [6.45, 7) is 0. The predicted octanol–water partition coefficient (Wildman–Crippen LogP) is 4.24. The molecule has 1 N–H and O–H groups in total. The van der Waals surface area contributed by atoms with Crippen LogP contribution in [0.4, 0.5) is 5.69 Å². The van der Waals surface area contributed by atoms with Gasteiger partial charge in [0.25, 0.3) is 5.91 Å². The summed E-state index contributed by atoms with van der Waals surface area (Å²) < 4.78 is 2.87. The van der Waals surface area contributed by atoms with Crippen LogP contribution in [0.2, 0.25) is 5.02 Å². The fraction of sp³-hybridized carbons (Fsp3) is 0. The molecule has 0 atom stereocenters. The highest BCUT2D eigenvalue weighted by Crippen LogP contribution is 2.35. The van der Waals surface area contributed by atoms with Crippen LogP contribution < -0.4 is 5.32 Å². The molecule has 0 spiro atoms. The number of benzene rings is 1. The van der Waals surface area contributed by atoms with E-state index in [2.05, 4.69) is 26.2 Å². The SMILES string of the molecule is O=C1Nc2cc(Cl)ccc2C1=Cc1cnc2ccc(Br)cn12. The van der Waals surface area contributed by atoms with Crippen LogP contribution in [0.25, 0.3) is 17.3 Å². The number of carbonyl (C=O) groups excluding carboxylic acids is 1. The van der Waals surface area contributed by atoms with E-state index in [4.69, 9.17) is 11.6 Å². The minimum absolute atomic E-state index is 0.137. The first-order valence-corrected chi connectivity index (χ1v) is 7.74. The topological polar surface area (TPSA) is 46.4 Å². The van der Waals surface area contributed by atoms with Crippen LogP contribution in [0.15, 0.2) is 47.2 Å². The van der Waals surface area contributed by atoms with E-state index in [-0.39, 0.29) is 5.91 Å². The summed E-state index contributed by atoms with van der Waals surface area (Å²) in [5, 5.41) is 3.43. The zero-order valence-corrected chi connectivity index (χ0v) is 13.5. The molecule has 3 heterocycles. The highest BCUT2D eigenvalue weighted by atomic mass is 79.9. The molecular formula is C16H9BrClN3O. The number of halogens is 2. The summed E-state index contributed by atoms with van der Waals surface area (Å²) >= 11 is 9.41. The second-order valence-corrected chi connectivity index (χ2v) is 6.31. The molecule has 1 aliphatic rings. The minimum atomic E-state index is -0.137. The molecule has 0 fully saturated rings. The summed E-state index contributed by atoms with van der Waals surface area (Å²) in [5.74, 6) is -0.137. The van der Waals surface area contributed by atoms with Crippen LogP contribution in [0.3, 0.4) is 0 Å². The lowest BCUT2D eigenvalue weighted by molar-refractivity contribution is -0.110. The lowest BCUT2D eigenvalue weighted by atomic mass is 10.1. The normalized spacial score (nSPS) is 15.4. The molecule has 108 valence electrons. The van der Waals surface area contributed by atoms with Crippen molar-refractivity contribution < 1.29 is 4.79 Å². The Balaban J connectivity index is 1.89. The van der Waals surface area contributed by atoms with E-state index in [1.807, 2.05) is 34.9 Å². The van der Waals surface area contributed by atoms with Crippen LogP contribution in [0.5, 0.6) is 0 Å². The minimum Gasteiger partial charge on any atom is -0.321 e. The molecule has 0 saturated heterocycles. The molecule has 1 aliphatic heterocycles. The number of pyridine rings is 1. The highest BCUT2D eigenvalue weighted by Gasteiger charge is 2.24. The zero-order valence-electron chi connectivity index (χ0n) is 11.2. The van der Waals surface area contributed by atoms with Crippen molar-refractivity contribution in [2.24, 2.45) is 0 Å². The van der Waals surface area contributed by atoms with E-state index in [1.54, 1.807) is 18.3 Å². The fourth-order valence-corrected chi connectivity index (χ4v) is 3.05. The van der Waals surface area contributed by atoms with Gasteiger partial charge in [-0.15, -0.1) is 0 Å². The van der Waals surface area contributed by atoms with Gasteiger partial charge in [0.1, 0.15) is 5.65 Å². The Bertz CT molecular complexity index is 961. The van der Waals surface area contributed by atoms with Gasteiger partial charge in [-0.25, -0.2) is 4.98 Å². The van der Waals surface area contributed by atoms with Crippen LogP contribution in [0, 0.1) is 0 Å². The first kappa shape index (κ1) is 13.5. The van der Waals surface area contributed by atoms with Crippen molar-refractivity contribution in [1.82, 2.24) is 9.38 Å². The highest BCUT2D eigenvalue weighted by molar-refractivity contribution is 9.10. The van der Waals surface area contributed by atoms with Crippen LogP contribution in [-0.4, -0.2) is 15.3 Å². The second kappa shape index (κ2) is 4.97. The van der Waals surface area contributed by atoms with Crippen molar-refractivity contribution in [2.75, 3.05) is 5.32 Å². The Morgan fingerprint density at radius 3 is 3.00 bits per heavy atom. The van der Waals surface area contributed by atoms with Gasteiger partial charge in [-0.2, -0.15) is 0 Å². The van der Waals surface area contributed by atoms with Gasteiger partial charge in [0, 0.05) is 21.3 Å². The van der Waals surface area contributed by atoms with Crippen LogP contribution in [-0.2, 0) is 4.79 Å². The molecule has 1 amide bonds. The van der Waals surface area contributed by atoms with E-state index in [1.165, 1.54) is 0 Å². The first-order valence-electron chi connectivity index (χ1n) is 6.57. The predicted molar refractivity (Wildman–Crippen MR) is 90.8 cm³/mol. The zero-order chi connectivity index (χ0) is 15.3. The first-order chi connectivity index (χ1) is 10.6. The molecule has 4 rings (SSSR count). The molecule has 22 heavy (non-hydrogen) atoms. The number of nitrogens with one attached hydrogen (secondary N) is 1. The van der Waals surface area contributed by atoms with E-state index in [0.717, 1.165) is 27.1 Å². The third-order valence-electron chi connectivity index (χ3n) is 3.55. The number of aromatic nitrogens is 2. The summed E-state index contributed by atoms with van der Waals surface area (Å²) in [5.41, 5.74) is 3.85. The van der Waals surface area contributed by atoms with Crippen LogP contribution in [0.1, 0.15) is 11.3 Å². The number of hydrogen-bond acceptors (Lipinski definition) is 2. The van der Waals surface area contributed by atoms with Gasteiger partial charge in [0.15, 0.2) is 0 Å². The number of nitrogens with zero attached hydrogens (tertiary/aromatic N) is 2. The van der Waals surface area contributed by atoms with E-state index in [0.29, 0.717) is 10.6 Å². The largest absolute Gasteiger partial charge is 0.321 e. The van der Waals surface area contributed by atoms with E-state index in [9.17, 15) is 4.79 Å². The van der Waals surface area contributed by atoms with Gasteiger partial charge in [0.2, 0.25) is 0 Å². The number of carbonyl (C=O) groups is 1. The van der Waals surface area contributed by atoms with E-state index < -0.39 is 0 Å². The third-order valence-corrected chi connectivity index (χ3v) is 4.26. The monoisotopic (exact) mass is 373 g/mol. The molecule has 1 aromatic carbocycles. The molecule has 0 bridgehead atoms. The lowest BCUT2D eigenvalue weighted by Crippen LogP contribution is -2.03. The number of fused-ring (bicyclic) bond motifs is 2. The maximum absolute atomic E-state index is 12.2. The van der Waals surface area contributed by atoms with Gasteiger partial charge in [-0.3, -0.25) is 9.20 Å². The maximum Gasteiger partial charge on any atom is 0.256 e. The smallest absolute Gasteiger partial charge is 0.256 e. The van der Waals surface area contributed by atoms with Crippen molar-refractivity contribution in [2.45, 2.75) is 0 Å². The number of rotatable bonds is 1. The third kappa shape index (κ3) is 2.14. The maximum atomic E-state index is 12.2. The summed E-state index contributed by atoms with van der Waals surface area (Å²) in [6, 6.07) is 9.22. The number of anilines is 1. The lowest BCUT2D eigenvalue weighted by Gasteiger charge is -2.00. The summed E-state index contributed by atoms with van der Waals surface area (Å²) in [7, 11) is 0. The molecule has 0 radical (unpaired) electrons. The average molecular weight is 375 g/mol. The molecular weight excluding hydrogens is 366 g/mol. The Morgan fingerprint density at radius 1 is 1.27 bits per heavy atom. The fourth-order valence-electron chi connectivity index (χ4n) is 2.54. The summed E-state index contributed by atoms with van der Waals surface area (Å²) in [6.07, 6.45) is 5.50. The van der Waals surface area contributed by atoms with Crippen molar-refractivity contribution in [3.05, 3.63) is 63.5 Å². The second-order valence-electron chi connectivity index (χ2n) is 4.96.